The molecule has 0 saturated carbocycles. The number of amides is 1. The molecule has 2 rings (SSSR count). The molecule has 2 aromatic rings. The Morgan fingerprint density at radius 3 is 2.52 bits per heavy atom. The van der Waals surface area contributed by atoms with E-state index in [1.54, 1.807) is 0 Å². The van der Waals surface area contributed by atoms with Crippen molar-refractivity contribution >= 4 is 5.91 Å². The molecule has 1 amide bonds. The van der Waals surface area contributed by atoms with Gasteiger partial charge in [-0.1, -0.05) is 35.5 Å². The van der Waals surface area contributed by atoms with Crippen LogP contribution in [0.1, 0.15) is 29.0 Å². The van der Waals surface area contributed by atoms with Crippen LogP contribution in [0.2, 0.25) is 0 Å². The van der Waals surface area contributed by atoms with Crippen LogP contribution in [0.15, 0.2) is 34.9 Å². The minimum absolute atomic E-state index is 0.131. The second-order valence-electron chi connectivity index (χ2n) is 5.71. The summed E-state index contributed by atoms with van der Waals surface area (Å²) in [4.78, 5) is 14.3. The van der Waals surface area contributed by atoms with Crippen LogP contribution >= 0.6 is 0 Å². The Kier molecular flexibility index (Phi) is 6.35. The molecule has 5 heteroatoms. The van der Waals surface area contributed by atoms with Crippen molar-refractivity contribution in [2.45, 2.75) is 33.1 Å². The number of rotatable bonds is 8. The van der Waals surface area contributed by atoms with Gasteiger partial charge in [0.05, 0.1) is 5.69 Å². The highest BCUT2D eigenvalue weighted by molar-refractivity contribution is 5.76. The number of benzene rings is 1. The van der Waals surface area contributed by atoms with E-state index in [4.69, 9.17) is 10.3 Å². The molecule has 0 aliphatic rings. The Morgan fingerprint density at radius 2 is 1.91 bits per heavy atom. The summed E-state index contributed by atoms with van der Waals surface area (Å²) < 4.78 is 5.15. The zero-order valence-electron chi connectivity index (χ0n) is 13.9. The average molecular weight is 315 g/mol. The highest BCUT2D eigenvalue weighted by atomic mass is 16.5. The molecule has 2 N–H and O–H groups in total. The fourth-order valence-electron chi connectivity index (χ4n) is 2.67. The van der Waals surface area contributed by atoms with E-state index in [2.05, 4.69) is 17.3 Å². The Morgan fingerprint density at radius 1 is 1.17 bits per heavy atom. The summed E-state index contributed by atoms with van der Waals surface area (Å²) in [6.07, 6.45) is 1.96. The van der Waals surface area contributed by atoms with E-state index in [1.165, 1.54) is 5.56 Å². The van der Waals surface area contributed by atoms with Crippen LogP contribution < -0.4 is 5.73 Å². The lowest BCUT2D eigenvalue weighted by Crippen LogP contribution is -2.37. The largest absolute Gasteiger partial charge is 0.361 e. The highest BCUT2D eigenvalue weighted by Gasteiger charge is 2.16. The van der Waals surface area contributed by atoms with Gasteiger partial charge in [-0.05, 0) is 32.3 Å². The van der Waals surface area contributed by atoms with Crippen LogP contribution in [-0.2, 0) is 17.6 Å². The van der Waals surface area contributed by atoms with Crippen molar-refractivity contribution in [3.05, 3.63) is 52.9 Å². The lowest BCUT2D eigenvalue weighted by atomic mass is 10.1. The maximum Gasteiger partial charge on any atom is 0.222 e. The van der Waals surface area contributed by atoms with Gasteiger partial charge >= 0.3 is 0 Å². The topological polar surface area (TPSA) is 72.4 Å². The van der Waals surface area contributed by atoms with Gasteiger partial charge in [0.15, 0.2) is 0 Å². The first-order valence-electron chi connectivity index (χ1n) is 8.05. The monoisotopic (exact) mass is 315 g/mol. The molecule has 0 aliphatic heterocycles. The Labute approximate surface area is 137 Å². The number of hydrogen-bond donors (Lipinski definition) is 1. The molecule has 5 nitrogen and oxygen atoms in total. The van der Waals surface area contributed by atoms with Crippen molar-refractivity contribution in [1.29, 1.82) is 0 Å². The molecule has 0 unspecified atom stereocenters. The minimum atomic E-state index is 0.131. The number of nitrogens with two attached hydrogens (primary N) is 1. The summed E-state index contributed by atoms with van der Waals surface area (Å²) in [5.74, 6) is 0.927. The van der Waals surface area contributed by atoms with Gasteiger partial charge in [-0.2, -0.15) is 0 Å². The first kappa shape index (κ1) is 17.2. The number of carbonyl (C=O) groups excluding carboxylic acids is 1. The van der Waals surface area contributed by atoms with Gasteiger partial charge in [0, 0.05) is 31.6 Å². The van der Waals surface area contributed by atoms with E-state index in [9.17, 15) is 4.79 Å². The van der Waals surface area contributed by atoms with Crippen LogP contribution in [0, 0.1) is 13.8 Å². The highest BCUT2D eigenvalue weighted by Crippen LogP contribution is 2.15. The number of aryl methyl sites for hydroxylation is 2. The third kappa shape index (κ3) is 4.93. The summed E-state index contributed by atoms with van der Waals surface area (Å²) in [6, 6.07) is 10.2. The maximum absolute atomic E-state index is 12.5. The van der Waals surface area contributed by atoms with Crippen molar-refractivity contribution < 1.29 is 9.32 Å². The van der Waals surface area contributed by atoms with E-state index in [-0.39, 0.29) is 5.91 Å². The van der Waals surface area contributed by atoms with E-state index in [0.717, 1.165) is 23.4 Å². The molecule has 1 aromatic heterocycles. The van der Waals surface area contributed by atoms with Crippen molar-refractivity contribution in [3.63, 3.8) is 0 Å². The summed E-state index contributed by atoms with van der Waals surface area (Å²) in [6.45, 7) is 5.55. The lowest BCUT2D eigenvalue weighted by Gasteiger charge is -2.22. The summed E-state index contributed by atoms with van der Waals surface area (Å²) >= 11 is 0. The van der Waals surface area contributed by atoms with Crippen molar-refractivity contribution in [3.8, 4) is 0 Å². The van der Waals surface area contributed by atoms with E-state index in [0.29, 0.717) is 32.5 Å². The molecule has 124 valence electrons. The van der Waals surface area contributed by atoms with Crippen LogP contribution in [0.5, 0.6) is 0 Å². The molecule has 1 aromatic carbocycles. The van der Waals surface area contributed by atoms with Crippen LogP contribution in [0.3, 0.4) is 0 Å². The maximum atomic E-state index is 12.5. The van der Waals surface area contributed by atoms with Crippen LogP contribution in [0.4, 0.5) is 0 Å². The van der Waals surface area contributed by atoms with E-state index < -0.39 is 0 Å². The Balaban J connectivity index is 1.90. The zero-order chi connectivity index (χ0) is 16.7. The molecule has 23 heavy (non-hydrogen) atoms. The zero-order valence-corrected chi connectivity index (χ0v) is 13.9. The predicted octanol–water partition coefficient (Wildman–Crippen LogP) is 2.25. The van der Waals surface area contributed by atoms with Gasteiger partial charge < -0.3 is 15.2 Å². The number of carbonyl (C=O) groups is 1. The van der Waals surface area contributed by atoms with E-state index in [1.807, 2.05) is 36.9 Å². The minimum Gasteiger partial charge on any atom is -0.361 e. The first-order chi connectivity index (χ1) is 11.1. The molecule has 0 atom stereocenters. The van der Waals surface area contributed by atoms with Gasteiger partial charge in [-0.3, -0.25) is 4.79 Å². The lowest BCUT2D eigenvalue weighted by molar-refractivity contribution is -0.131. The third-order valence-corrected chi connectivity index (χ3v) is 4.04. The second-order valence-corrected chi connectivity index (χ2v) is 5.71. The predicted molar refractivity (Wildman–Crippen MR) is 90.1 cm³/mol. The Hall–Kier alpha value is -2.14. The van der Waals surface area contributed by atoms with Gasteiger partial charge in [0.1, 0.15) is 5.76 Å². The summed E-state index contributed by atoms with van der Waals surface area (Å²) in [5.41, 5.74) is 8.79. The summed E-state index contributed by atoms with van der Waals surface area (Å²) in [7, 11) is 0. The molecule has 0 spiro atoms. The third-order valence-electron chi connectivity index (χ3n) is 4.04. The quantitative estimate of drug-likeness (QED) is 0.811. The first-order valence-corrected chi connectivity index (χ1v) is 8.05. The SMILES string of the molecule is Cc1noc(C)c1CCC(=O)N(CCN)CCc1ccccc1. The van der Waals surface area contributed by atoms with Gasteiger partial charge in [0.2, 0.25) is 5.91 Å². The van der Waals surface area contributed by atoms with Crippen molar-refractivity contribution in [1.82, 2.24) is 10.1 Å². The van der Waals surface area contributed by atoms with Gasteiger partial charge in [-0.15, -0.1) is 0 Å². The number of hydrogen-bond acceptors (Lipinski definition) is 4. The van der Waals surface area contributed by atoms with Crippen LogP contribution in [0.25, 0.3) is 0 Å². The molecule has 0 bridgehead atoms. The average Bonchev–Trinajstić information content (AvgIpc) is 2.88. The fraction of sp³-hybridized carbons (Fsp3) is 0.444. The van der Waals surface area contributed by atoms with Gasteiger partial charge in [-0.25, -0.2) is 0 Å². The summed E-state index contributed by atoms with van der Waals surface area (Å²) in [5, 5.41) is 3.93. The molecule has 0 fully saturated rings. The molecule has 0 saturated heterocycles. The van der Waals surface area contributed by atoms with Crippen molar-refractivity contribution in [2.24, 2.45) is 5.73 Å². The second kappa shape index (κ2) is 8.48. The smallest absolute Gasteiger partial charge is 0.222 e. The van der Waals surface area contributed by atoms with Crippen LogP contribution in [-0.4, -0.2) is 35.6 Å². The van der Waals surface area contributed by atoms with Gasteiger partial charge in [0.25, 0.3) is 0 Å². The fourth-order valence-corrected chi connectivity index (χ4v) is 2.67. The molecular weight excluding hydrogens is 290 g/mol. The van der Waals surface area contributed by atoms with Crippen molar-refractivity contribution in [2.75, 3.05) is 19.6 Å². The molecule has 1 heterocycles. The molecule has 0 aliphatic carbocycles. The van der Waals surface area contributed by atoms with E-state index >= 15 is 0 Å². The molecule has 0 radical (unpaired) electrons. The normalized spacial score (nSPS) is 10.7. The number of nitrogens with zero attached hydrogens (tertiary/aromatic N) is 2. The Bertz CT molecular complexity index is 603. The number of aromatic nitrogens is 1. The standard InChI is InChI=1S/C18H25N3O2/c1-14-17(15(2)23-20-14)8-9-18(22)21(13-11-19)12-10-16-6-4-3-5-7-16/h3-7H,8-13,19H2,1-2H3. The molecular formula is C18H25N3O2.